The fraction of sp³-hybridized carbons (Fsp3) is 0.333. The molecule has 2 heterocycles. The molecule has 6 rings (SSSR count). The molecular formula is C42H54Cl2HfN2Si3-2. The fourth-order valence-corrected chi connectivity index (χ4v) is 8.30. The molecule has 2 nitrogen and oxygen atoms in total. The predicted octanol–water partition coefficient (Wildman–Crippen LogP) is 5.03. The topological polar surface area (TPSA) is 25.8 Å². The summed E-state index contributed by atoms with van der Waals surface area (Å²) < 4.78 is 0. The first-order valence-electron chi connectivity index (χ1n) is 17.5. The van der Waals surface area contributed by atoms with E-state index >= 15 is 0 Å². The van der Waals surface area contributed by atoms with E-state index in [0.29, 0.717) is 0 Å². The van der Waals surface area contributed by atoms with Gasteiger partial charge in [-0.3, -0.25) is 9.97 Å². The van der Waals surface area contributed by atoms with Crippen LogP contribution < -0.4 is 35.2 Å². The second kappa shape index (κ2) is 19.8. The van der Waals surface area contributed by atoms with Gasteiger partial charge in [-0.1, -0.05) is 101 Å². The summed E-state index contributed by atoms with van der Waals surface area (Å²) in [6.45, 7) is 23.6. The largest absolute Gasteiger partial charge is 1.00 e. The third kappa shape index (κ3) is 12.1. The van der Waals surface area contributed by atoms with Crippen molar-refractivity contribution >= 4 is 53.6 Å². The zero-order valence-electron chi connectivity index (χ0n) is 31.7. The monoisotopic (exact) mass is 920 g/mol. The van der Waals surface area contributed by atoms with Gasteiger partial charge in [0.1, 0.15) is 0 Å². The average Bonchev–Trinajstić information content (AvgIpc) is 3.67. The van der Waals surface area contributed by atoms with Crippen molar-refractivity contribution in [2.45, 2.75) is 91.9 Å². The van der Waals surface area contributed by atoms with Gasteiger partial charge in [0.15, 0.2) is 0 Å². The molecule has 0 atom stereocenters. The number of fused-ring (bicyclic) bond motifs is 2. The standard InChI is InChI=1S/2C20H24NSi.C2H6Si.2ClH.Hf/c2*1-5-8-15-11-16-13-17(22(2,3)4)14-18(16)19(12-15)20-9-6-7-10-21-20;1-3-2;;;/h2*6-7,9-14H,5,8H2,1-4H3;1-2H3;2*1H;/q2*-1;;;;+2/p-2. The van der Waals surface area contributed by atoms with E-state index in [9.17, 15) is 0 Å². The molecule has 8 heteroatoms. The first kappa shape index (κ1) is 44.2. The summed E-state index contributed by atoms with van der Waals surface area (Å²) >= 11 is 1.45. The van der Waals surface area contributed by atoms with E-state index in [4.69, 9.17) is 0 Å². The smallest absolute Gasteiger partial charge is 1.00 e. The molecule has 0 amide bonds. The molecule has 0 spiro atoms. The van der Waals surface area contributed by atoms with Gasteiger partial charge in [-0.05, 0) is 48.2 Å². The van der Waals surface area contributed by atoms with Crippen molar-refractivity contribution in [3.8, 4) is 22.5 Å². The van der Waals surface area contributed by atoms with E-state index in [0.717, 1.165) is 24.2 Å². The van der Waals surface area contributed by atoms with Crippen molar-refractivity contribution in [2.75, 3.05) is 0 Å². The molecule has 0 unspecified atom stereocenters. The quantitative estimate of drug-likeness (QED) is 0.159. The Kier molecular flexibility index (Phi) is 17.5. The Hall–Kier alpha value is -1.94. The van der Waals surface area contributed by atoms with Gasteiger partial charge in [-0.15, -0.1) is 56.2 Å². The molecule has 0 saturated carbocycles. The number of nitrogens with zero attached hydrogens (tertiary/aromatic N) is 2. The molecule has 6 aromatic rings. The second-order valence-corrected chi connectivity index (χ2v) is 38.1. The molecule has 0 aliphatic heterocycles. The predicted molar refractivity (Wildman–Crippen MR) is 217 cm³/mol. The number of hydrogen-bond donors (Lipinski definition) is 0. The fourth-order valence-electron chi connectivity index (χ4n) is 5.97. The van der Waals surface area contributed by atoms with Crippen molar-refractivity contribution < 1.29 is 47.8 Å². The Morgan fingerprint density at radius 3 is 1.24 bits per heavy atom. The minimum absolute atomic E-state index is 0. The maximum absolute atomic E-state index is 4.58. The number of aromatic nitrogens is 2. The Labute approximate surface area is 331 Å². The second-order valence-electron chi connectivity index (χ2n) is 15.2. The summed E-state index contributed by atoms with van der Waals surface area (Å²) in [6, 6.07) is 31.4. The number of aryl methyl sites for hydroxylation is 2. The van der Waals surface area contributed by atoms with E-state index in [-0.39, 0.29) is 30.3 Å². The van der Waals surface area contributed by atoms with Crippen molar-refractivity contribution in [1.82, 2.24) is 9.97 Å². The molecule has 0 aliphatic carbocycles. The van der Waals surface area contributed by atoms with Gasteiger partial charge in [-0.2, -0.15) is 12.1 Å². The van der Waals surface area contributed by atoms with E-state index in [1.165, 1.54) is 90.0 Å². The molecule has 4 aromatic carbocycles. The Bertz CT molecular complexity index is 1810. The van der Waals surface area contributed by atoms with Crippen LogP contribution in [0.15, 0.2) is 97.3 Å². The molecule has 2 aromatic heterocycles. The molecule has 0 radical (unpaired) electrons. The third-order valence-corrected chi connectivity index (χ3v) is 12.5. The average molecular weight is 921 g/mol. The van der Waals surface area contributed by atoms with Crippen LogP contribution in [0.4, 0.5) is 0 Å². The van der Waals surface area contributed by atoms with Crippen molar-refractivity contribution in [2.24, 2.45) is 0 Å². The molecule has 0 bridgehead atoms. The van der Waals surface area contributed by atoms with Crippen molar-refractivity contribution in [1.29, 1.82) is 0 Å². The van der Waals surface area contributed by atoms with Crippen LogP contribution in [0.5, 0.6) is 0 Å². The van der Waals surface area contributed by atoms with Crippen LogP contribution in [0.25, 0.3) is 44.1 Å². The van der Waals surface area contributed by atoms with E-state index in [2.05, 4.69) is 149 Å². The number of pyridine rings is 2. The van der Waals surface area contributed by atoms with Crippen LogP contribution in [0.2, 0.25) is 52.4 Å². The number of hydrogen-bond acceptors (Lipinski definition) is 2. The Morgan fingerprint density at radius 2 is 0.960 bits per heavy atom. The van der Waals surface area contributed by atoms with E-state index in [1.807, 2.05) is 24.5 Å². The van der Waals surface area contributed by atoms with Gasteiger partial charge < -0.3 is 24.8 Å². The zero-order valence-corrected chi connectivity index (χ0v) is 39.8. The Balaban J connectivity index is 0.000000303. The van der Waals surface area contributed by atoms with Crippen LogP contribution in [0, 0.1) is 0 Å². The van der Waals surface area contributed by atoms with Crippen LogP contribution >= 0.6 is 0 Å². The summed E-state index contributed by atoms with van der Waals surface area (Å²) in [7, 11) is -2.59. The summed E-state index contributed by atoms with van der Waals surface area (Å²) in [5.41, 5.74) is 7.83. The van der Waals surface area contributed by atoms with Gasteiger partial charge in [0, 0.05) is 12.4 Å². The molecule has 264 valence electrons. The number of rotatable bonds is 8. The summed E-state index contributed by atoms with van der Waals surface area (Å²) in [6.07, 6.45) is 8.38. The minimum atomic E-state index is -1.30. The van der Waals surface area contributed by atoms with Crippen LogP contribution in [0.1, 0.15) is 37.8 Å². The van der Waals surface area contributed by atoms with E-state index in [1.54, 1.807) is 0 Å². The van der Waals surface area contributed by atoms with Crippen LogP contribution in [-0.4, -0.2) is 31.6 Å². The molecule has 0 saturated heterocycles. The number of benzene rings is 2. The minimum Gasteiger partial charge on any atom is -1.00 e. The molecule has 0 N–H and O–H groups in total. The first-order chi connectivity index (χ1) is 22.7. The van der Waals surface area contributed by atoms with Gasteiger partial charge >= 0.3 is 41.6 Å². The third-order valence-electron chi connectivity index (χ3n) is 8.46. The maximum atomic E-state index is 4.58. The first-order valence-corrected chi connectivity index (χ1v) is 32.4. The van der Waals surface area contributed by atoms with Crippen molar-refractivity contribution in [3.05, 3.63) is 108 Å². The Morgan fingerprint density at radius 1 is 0.600 bits per heavy atom. The zero-order chi connectivity index (χ0) is 35.1. The van der Waals surface area contributed by atoms with Crippen molar-refractivity contribution in [3.63, 3.8) is 0 Å². The van der Waals surface area contributed by atoms with Crippen LogP contribution in [0.3, 0.4) is 0 Å². The maximum Gasteiger partial charge on any atom is -1.00 e. The molecule has 0 aliphatic rings. The van der Waals surface area contributed by atoms with E-state index < -0.39 is 16.1 Å². The molecule has 0 fully saturated rings. The van der Waals surface area contributed by atoms with Gasteiger partial charge in [-0.25, -0.2) is 0 Å². The SMILES string of the molecule is CCCc1cc(-c2ccccn2)c2cc([Si](C)(C)C)[cH-]c2c1.CCCc1cc(-c2ccccn2)c2cc([Si](C)(C)C)[cH-]c2c1.C[Si](C)=[Hf+2].[Cl-].[Cl-]. The van der Waals surface area contributed by atoms with Gasteiger partial charge in [0.05, 0.1) is 27.5 Å². The van der Waals surface area contributed by atoms with Gasteiger partial charge in [0.25, 0.3) is 0 Å². The summed E-state index contributed by atoms with van der Waals surface area (Å²) in [5.74, 6) is 0. The summed E-state index contributed by atoms with van der Waals surface area (Å²) in [4.78, 5) is 9.17. The molecule has 50 heavy (non-hydrogen) atoms. The van der Waals surface area contributed by atoms with Crippen LogP contribution in [-0.2, 0) is 35.8 Å². The van der Waals surface area contributed by atoms with Gasteiger partial charge in [0.2, 0.25) is 0 Å². The normalized spacial score (nSPS) is 11.1. The molecular weight excluding hydrogens is 866 g/mol. The number of halogens is 2. The summed E-state index contributed by atoms with van der Waals surface area (Å²) in [5, 5.41) is 8.54.